The minimum absolute atomic E-state index is 0.00519. The van der Waals surface area contributed by atoms with E-state index in [0.717, 1.165) is 25.0 Å². The van der Waals surface area contributed by atoms with E-state index in [1.54, 1.807) is 0 Å². The summed E-state index contributed by atoms with van der Waals surface area (Å²) in [6.07, 6.45) is 2.22. The van der Waals surface area contributed by atoms with Crippen molar-refractivity contribution >= 4 is 5.91 Å². The third kappa shape index (κ3) is 3.32. The fourth-order valence-corrected chi connectivity index (χ4v) is 3.28. The molecule has 120 valence electrons. The summed E-state index contributed by atoms with van der Waals surface area (Å²) >= 11 is 0. The van der Waals surface area contributed by atoms with E-state index in [9.17, 15) is 4.79 Å². The second kappa shape index (κ2) is 7.22. The molecule has 0 saturated carbocycles. The predicted octanol–water partition coefficient (Wildman–Crippen LogP) is 1.14. The molecule has 0 bridgehead atoms. The summed E-state index contributed by atoms with van der Waals surface area (Å²) in [5, 5.41) is 0. The van der Waals surface area contributed by atoms with Gasteiger partial charge in [0.25, 0.3) is 0 Å². The van der Waals surface area contributed by atoms with Gasteiger partial charge in [0, 0.05) is 26.2 Å². The number of nitrogens with zero attached hydrogens (tertiary/aromatic N) is 1. The van der Waals surface area contributed by atoms with Crippen LogP contribution >= 0.6 is 0 Å². The van der Waals surface area contributed by atoms with Crippen LogP contribution in [0.15, 0.2) is 30.3 Å². The molecule has 2 fully saturated rings. The number of rotatable bonds is 4. The van der Waals surface area contributed by atoms with Crippen LogP contribution in [0.3, 0.4) is 0 Å². The lowest BCUT2D eigenvalue weighted by Gasteiger charge is -2.37. The minimum atomic E-state index is -0.274. The van der Waals surface area contributed by atoms with Gasteiger partial charge in [-0.05, 0) is 18.4 Å². The number of hydrogen-bond donors (Lipinski definition) is 1. The van der Waals surface area contributed by atoms with Crippen LogP contribution < -0.4 is 5.73 Å². The lowest BCUT2D eigenvalue weighted by atomic mass is 9.97. The molecule has 3 atom stereocenters. The Bertz CT molecular complexity index is 488. The maximum absolute atomic E-state index is 12.8. The molecule has 2 N–H and O–H groups in total. The number of ether oxygens (including phenoxy) is 2. The summed E-state index contributed by atoms with van der Waals surface area (Å²) in [4.78, 5) is 14.7. The summed E-state index contributed by atoms with van der Waals surface area (Å²) < 4.78 is 11.5. The van der Waals surface area contributed by atoms with Crippen LogP contribution in [0.25, 0.3) is 0 Å². The van der Waals surface area contributed by atoms with Gasteiger partial charge in [0.2, 0.25) is 5.91 Å². The van der Waals surface area contributed by atoms with Gasteiger partial charge in [0.05, 0.1) is 18.6 Å². The molecule has 0 unspecified atom stereocenters. The van der Waals surface area contributed by atoms with E-state index in [-0.39, 0.29) is 24.0 Å². The highest BCUT2D eigenvalue weighted by Crippen LogP contribution is 2.23. The Balaban J connectivity index is 1.67. The van der Waals surface area contributed by atoms with Crippen molar-refractivity contribution in [2.24, 2.45) is 5.73 Å². The van der Waals surface area contributed by atoms with E-state index in [1.807, 2.05) is 35.2 Å². The van der Waals surface area contributed by atoms with Crippen LogP contribution in [0.1, 0.15) is 24.3 Å². The van der Waals surface area contributed by atoms with Gasteiger partial charge in [-0.2, -0.15) is 0 Å². The molecule has 2 aliphatic heterocycles. The normalized spacial score (nSPS) is 26.9. The number of hydrogen-bond acceptors (Lipinski definition) is 4. The highest BCUT2D eigenvalue weighted by atomic mass is 16.5. The summed E-state index contributed by atoms with van der Waals surface area (Å²) in [5.74, 6) is -0.176. The molecule has 3 rings (SSSR count). The van der Waals surface area contributed by atoms with E-state index in [0.29, 0.717) is 26.2 Å². The average Bonchev–Trinajstić information content (AvgIpc) is 3.11. The molecule has 0 radical (unpaired) electrons. The minimum Gasteiger partial charge on any atom is -0.375 e. The molecular weight excluding hydrogens is 280 g/mol. The first-order valence-electron chi connectivity index (χ1n) is 8.06. The Hall–Kier alpha value is -1.43. The van der Waals surface area contributed by atoms with Gasteiger partial charge >= 0.3 is 0 Å². The lowest BCUT2D eigenvalue weighted by Crippen LogP contribution is -2.51. The zero-order valence-corrected chi connectivity index (χ0v) is 12.8. The Labute approximate surface area is 131 Å². The maximum Gasteiger partial charge on any atom is 0.231 e. The number of carbonyl (C=O) groups excluding carboxylic acids is 1. The van der Waals surface area contributed by atoms with Crippen molar-refractivity contribution in [1.82, 2.24) is 4.90 Å². The standard InChI is InChI=1S/C17H24N2O3/c18-11-14(13-5-2-1-3-6-13)17(20)19-8-10-22-16(12-19)15-7-4-9-21-15/h1-3,5-6,14-16H,4,7-12,18H2/t14-,15+,16+/m0/s1. The molecular formula is C17H24N2O3. The molecule has 0 aliphatic carbocycles. The number of nitrogens with two attached hydrogens (primary N) is 1. The van der Waals surface area contributed by atoms with Crippen LogP contribution in [0, 0.1) is 0 Å². The van der Waals surface area contributed by atoms with Gasteiger partial charge in [-0.15, -0.1) is 0 Å². The molecule has 0 aromatic heterocycles. The molecule has 1 aromatic carbocycles. The molecule has 1 aromatic rings. The Morgan fingerprint density at radius 1 is 1.23 bits per heavy atom. The number of morpholine rings is 1. The largest absolute Gasteiger partial charge is 0.375 e. The highest BCUT2D eigenvalue weighted by molar-refractivity contribution is 5.84. The summed E-state index contributed by atoms with van der Waals surface area (Å²) in [7, 11) is 0. The zero-order valence-electron chi connectivity index (χ0n) is 12.8. The second-order valence-corrected chi connectivity index (χ2v) is 5.94. The molecule has 2 heterocycles. The van der Waals surface area contributed by atoms with Crippen LogP contribution in [0.5, 0.6) is 0 Å². The topological polar surface area (TPSA) is 64.8 Å². The first-order chi connectivity index (χ1) is 10.8. The van der Waals surface area contributed by atoms with Crippen molar-refractivity contribution < 1.29 is 14.3 Å². The fraction of sp³-hybridized carbons (Fsp3) is 0.588. The monoisotopic (exact) mass is 304 g/mol. The summed E-state index contributed by atoms with van der Waals surface area (Å²) in [6, 6.07) is 9.77. The fourth-order valence-electron chi connectivity index (χ4n) is 3.28. The number of benzene rings is 1. The van der Waals surface area contributed by atoms with Gasteiger partial charge < -0.3 is 20.1 Å². The number of carbonyl (C=O) groups is 1. The summed E-state index contributed by atoms with van der Waals surface area (Å²) in [6.45, 7) is 2.93. The van der Waals surface area contributed by atoms with Crippen molar-refractivity contribution in [2.45, 2.75) is 31.0 Å². The zero-order chi connectivity index (χ0) is 15.4. The van der Waals surface area contributed by atoms with E-state index in [4.69, 9.17) is 15.2 Å². The smallest absolute Gasteiger partial charge is 0.231 e. The van der Waals surface area contributed by atoms with Gasteiger partial charge in [0.15, 0.2) is 0 Å². The van der Waals surface area contributed by atoms with E-state index in [1.165, 1.54) is 0 Å². The van der Waals surface area contributed by atoms with E-state index >= 15 is 0 Å². The number of amides is 1. The SMILES string of the molecule is NC[C@H](C(=O)N1CCO[C@@H]([C@H]2CCCO2)C1)c1ccccc1. The van der Waals surface area contributed by atoms with Crippen LogP contribution in [0.4, 0.5) is 0 Å². The van der Waals surface area contributed by atoms with Gasteiger partial charge in [0.1, 0.15) is 6.10 Å². The van der Waals surface area contributed by atoms with Crippen molar-refractivity contribution in [3.63, 3.8) is 0 Å². The quantitative estimate of drug-likeness (QED) is 0.906. The Kier molecular flexibility index (Phi) is 5.08. The Morgan fingerprint density at radius 2 is 2.00 bits per heavy atom. The van der Waals surface area contributed by atoms with Crippen LogP contribution in [-0.4, -0.2) is 55.9 Å². The van der Waals surface area contributed by atoms with E-state index < -0.39 is 0 Å². The van der Waals surface area contributed by atoms with Crippen molar-refractivity contribution in [3.8, 4) is 0 Å². The third-order valence-corrected chi connectivity index (χ3v) is 4.52. The predicted molar refractivity (Wildman–Crippen MR) is 83.5 cm³/mol. The van der Waals surface area contributed by atoms with Crippen molar-refractivity contribution in [2.75, 3.05) is 32.8 Å². The van der Waals surface area contributed by atoms with Crippen LogP contribution in [0.2, 0.25) is 0 Å². The summed E-state index contributed by atoms with van der Waals surface area (Å²) in [5.41, 5.74) is 6.85. The molecule has 0 spiro atoms. The van der Waals surface area contributed by atoms with Crippen LogP contribution in [-0.2, 0) is 14.3 Å². The lowest BCUT2D eigenvalue weighted by molar-refractivity contribution is -0.146. The van der Waals surface area contributed by atoms with Crippen molar-refractivity contribution in [3.05, 3.63) is 35.9 Å². The van der Waals surface area contributed by atoms with Crippen molar-refractivity contribution in [1.29, 1.82) is 0 Å². The maximum atomic E-state index is 12.8. The van der Waals surface area contributed by atoms with E-state index in [2.05, 4.69) is 0 Å². The third-order valence-electron chi connectivity index (χ3n) is 4.52. The molecule has 2 saturated heterocycles. The molecule has 2 aliphatic rings. The first kappa shape index (κ1) is 15.5. The second-order valence-electron chi connectivity index (χ2n) is 5.94. The van der Waals surface area contributed by atoms with Gasteiger partial charge in [-0.1, -0.05) is 30.3 Å². The molecule has 5 heteroatoms. The molecule has 5 nitrogen and oxygen atoms in total. The first-order valence-corrected chi connectivity index (χ1v) is 8.06. The van der Waals surface area contributed by atoms with Gasteiger partial charge in [-0.25, -0.2) is 0 Å². The van der Waals surface area contributed by atoms with Gasteiger partial charge in [-0.3, -0.25) is 4.79 Å². The average molecular weight is 304 g/mol. The highest BCUT2D eigenvalue weighted by Gasteiger charge is 2.34. The Morgan fingerprint density at radius 3 is 2.68 bits per heavy atom. The molecule has 1 amide bonds. The molecule has 22 heavy (non-hydrogen) atoms.